The minimum Gasteiger partial charge on any atom is -0.486 e. The lowest BCUT2D eigenvalue weighted by atomic mass is 10.2. The summed E-state index contributed by atoms with van der Waals surface area (Å²) >= 11 is 0. The van der Waals surface area contributed by atoms with Crippen LogP contribution in [0.4, 0.5) is 5.69 Å². The van der Waals surface area contributed by atoms with Crippen LogP contribution in [0.3, 0.4) is 0 Å². The van der Waals surface area contributed by atoms with Gasteiger partial charge in [-0.1, -0.05) is 24.3 Å². The maximum absolute atomic E-state index is 5.96. The molecule has 0 fully saturated rings. The number of methoxy groups -OCH3 is 1. The molecule has 0 saturated carbocycles. The molecule has 7 heteroatoms. The van der Waals surface area contributed by atoms with E-state index in [1.807, 2.05) is 24.3 Å². The Balaban J connectivity index is 1.41. The van der Waals surface area contributed by atoms with E-state index in [1.165, 1.54) is 5.56 Å². The summed E-state index contributed by atoms with van der Waals surface area (Å²) < 4.78 is 16.7. The highest BCUT2D eigenvalue weighted by molar-refractivity contribution is 5.79. The number of rotatable bonds is 8. The maximum Gasteiger partial charge on any atom is 0.191 e. The Morgan fingerprint density at radius 1 is 1.11 bits per heavy atom. The molecule has 150 valence electrons. The number of benzene rings is 2. The van der Waals surface area contributed by atoms with E-state index in [0.717, 1.165) is 29.7 Å². The molecule has 7 nitrogen and oxygen atoms in total. The summed E-state index contributed by atoms with van der Waals surface area (Å²) in [5.41, 5.74) is 2.25. The van der Waals surface area contributed by atoms with Gasteiger partial charge in [-0.3, -0.25) is 4.99 Å². The average Bonchev–Trinajstić information content (AvgIpc) is 2.75. The van der Waals surface area contributed by atoms with E-state index < -0.39 is 0 Å². The number of nitrogens with zero attached hydrogens (tertiary/aromatic N) is 1. The van der Waals surface area contributed by atoms with Crippen LogP contribution in [0.25, 0.3) is 0 Å². The topological polar surface area (TPSA) is 76.1 Å². The van der Waals surface area contributed by atoms with Gasteiger partial charge < -0.3 is 30.2 Å². The normalized spacial score (nSPS) is 15.8. The molecule has 1 atom stereocenters. The fourth-order valence-corrected chi connectivity index (χ4v) is 2.82. The summed E-state index contributed by atoms with van der Waals surface area (Å²) in [4.78, 5) is 4.27. The first-order chi connectivity index (χ1) is 13.8. The fraction of sp³-hybridized carbons (Fsp3) is 0.381. The molecule has 0 radical (unpaired) electrons. The van der Waals surface area contributed by atoms with Crippen LogP contribution >= 0.6 is 0 Å². The Bertz CT molecular complexity index is 765. The average molecular weight is 384 g/mol. The van der Waals surface area contributed by atoms with Gasteiger partial charge in [0.05, 0.1) is 13.2 Å². The Hall–Kier alpha value is -2.93. The predicted molar refractivity (Wildman–Crippen MR) is 111 cm³/mol. The highest BCUT2D eigenvalue weighted by Gasteiger charge is 2.20. The van der Waals surface area contributed by atoms with Gasteiger partial charge in [-0.05, 0) is 29.8 Å². The quantitative estimate of drug-likeness (QED) is 0.368. The second kappa shape index (κ2) is 10.4. The number of aliphatic imine (C=N–C) groups is 1. The van der Waals surface area contributed by atoms with Gasteiger partial charge in [0.2, 0.25) is 0 Å². The molecule has 2 aromatic carbocycles. The molecule has 28 heavy (non-hydrogen) atoms. The molecule has 1 heterocycles. The van der Waals surface area contributed by atoms with Crippen LogP contribution in [0.2, 0.25) is 0 Å². The van der Waals surface area contributed by atoms with Crippen molar-refractivity contribution in [3.63, 3.8) is 0 Å². The van der Waals surface area contributed by atoms with Crippen molar-refractivity contribution < 1.29 is 14.2 Å². The van der Waals surface area contributed by atoms with Crippen molar-refractivity contribution >= 4 is 11.6 Å². The van der Waals surface area contributed by atoms with Crippen molar-refractivity contribution in [2.75, 3.05) is 45.8 Å². The summed E-state index contributed by atoms with van der Waals surface area (Å²) in [6, 6.07) is 16.0. The number of nitrogens with one attached hydrogen (secondary N) is 3. The molecule has 1 aliphatic rings. The Kier molecular flexibility index (Phi) is 7.37. The van der Waals surface area contributed by atoms with E-state index in [4.69, 9.17) is 14.2 Å². The van der Waals surface area contributed by atoms with Gasteiger partial charge in [0.25, 0.3) is 0 Å². The molecule has 2 aromatic rings. The number of guanidine groups is 1. The SMILES string of the molecule is CN=C(NCc1ccc(NCCOC)cc1)NCC1COc2ccccc2O1. The van der Waals surface area contributed by atoms with E-state index in [2.05, 4.69) is 45.2 Å². The van der Waals surface area contributed by atoms with Crippen molar-refractivity contribution in [3.05, 3.63) is 54.1 Å². The highest BCUT2D eigenvalue weighted by Crippen LogP contribution is 2.30. The summed E-state index contributed by atoms with van der Waals surface area (Å²) in [5, 5.41) is 9.92. The standard InChI is InChI=1S/C21H28N4O3/c1-22-21(24-13-16-7-9-17(10-8-16)23-11-12-26-2)25-14-18-15-27-19-5-3-4-6-20(19)28-18/h3-10,18,23H,11-15H2,1-2H3,(H2,22,24,25). The van der Waals surface area contributed by atoms with E-state index >= 15 is 0 Å². The predicted octanol–water partition coefficient (Wildman–Crippen LogP) is 2.25. The summed E-state index contributed by atoms with van der Waals surface area (Å²) in [7, 11) is 3.45. The molecule has 0 aliphatic carbocycles. The fourth-order valence-electron chi connectivity index (χ4n) is 2.82. The number of anilines is 1. The van der Waals surface area contributed by atoms with Crippen LogP contribution in [0.5, 0.6) is 11.5 Å². The molecule has 1 aliphatic heterocycles. The Labute approximate surface area is 166 Å². The van der Waals surface area contributed by atoms with Gasteiger partial charge in [0.1, 0.15) is 12.7 Å². The lowest BCUT2D eigenvalue weighted by molar-refractivity contribution is 0.0936. The van der Waals surface area contributed by atoms with Crippen LogP contribution in [0, 0.1) is 0 Å². The third-order valence-electron chi connectivity index (χ3n) is 4.34. The largest absolute Gasteiger partial charge is 0.486 e. The minimum atomic E-state index is -0.0640. The molecule has 3 N–H and O–H groups in total. The van der Waals surface area contributed by atoms with Gasteiger partial charge in [-0.15, -0.1) is 0 Å². The van der Waals surface area contributed by atoms with Crippen LogP contribution < -0.4 is 25.4 Å². The molecule has 0 spiro atoms. The van der Waals surface area contributed by atoms with Crippen LogP contribution in [-0.4, -0.2) is 52.5 Å². The minimum absolute atomic E-state index is 0.0640. The van der Waals surface area contributed by atoms with Crippen LogP contribution in [0.15, 0.2) is 53.5 Å². The zero-order chi connectivity index (χ0) is 19.6. The summed E-state index contributed by atoms with van der Waals surface area (Å²) in [6.45, 7) is 3.28. The summed E-state index contributed by atoms with van der Waals surface area (Å²) in [6.07, 6.45) is -0.0640. The van der Waals surface area contributed by atoms with Gasteiger partial charge in [-0.2, -0.15) is 0 Å². The molecular weight excluding hydrogens is 356 g/mol. The molecule has 0 aromatic heterocycles. The van der Waals surface area contributed by atoms with Crippen molar-refractivity contribution in [3.8, 4) is 11.5 Å². The van der Waals surface area contributed by atoms with E-state index in [0.29, 0.717) is 26.3 Å². The van der Waals surface area contributed by atoms with Gasteiger partial charge in [0.15, 0.2) is 17.5 Å². The number of hydrogen-bond donors (Lipinski definition) is 3. The number of hydrogen-bond acceptors (Lipinski definition) is 5. The lowest BCUT2D eigenvalue weighted by Crippen LogP contribution is -2.45. The van der Waals surface area contributed by atoms with Gasteiger partial charge in [-0.25, -0.2) is 0 Å². The van der Waals surface area contributed by atoms with E-state index in [1.54, 1.807) is 14.2 Å². The third-order valence-corrected chi connectivity index (χ3v) is 4.34. The van der Waals surface area contributed by atoms with E-state index in [9.17, 15) is 0 Å². The number of ether oxygens (including phenoxy) is 3. The number of fused-ring (bicyclic) bond motifs is 1. The molecule has 0 bridgehead atoms. The monoisotopic (exact) mass is 384 g/mol. The van der Waals surface area contributed by atoms with E-state index in [-0.39, 0.29) is 6.10 Å². The summed E-state index contributed by atoms with van der Waals surface area (Å²) in [5.74, 6) is 2.30. The van der Waals surface area contributed by atoms with Crippen molar-refractivity contribution in [1.29, 1.82) is 0 Å². The van der Waals surface area contributed by atoms with Crippen molar-refractivity contribution in [2.45, 2.75) is 12.6 Å². The molecule has 0 saturated heterocycles. The number of para-hydroxylation sites is 2. The molecule has 3 rings (SSSR count). The Morgan fingerprint density at radius 3 is 2.64 bits per heavy atom. The zero-order valence-electron chi connectivity index (χ0n) is 16.4. The first-order valence-corrected chi connectivity index (χ1v) is 9.43. The first-order valence-electron chi connectivity index (χ1n) is 9.43. The maximum atomic E-state index is 5.96. The Morgan fingerprint density at radius 2 is 1.89 bits per heavy atom. The van der Waals surface area contributed by atoms with Gasteiger partial charge in [0, 0.05) is 32.9 Å². The van der Waals surface area contributed by atoms with Gasteiger partial charge >= 0.3 is 0 Å². The molecular formula is C21H28N4O3. The first kappa shape index (κ1) is 19.8. The van der Waals surface area contributed by atoms with Crippen molar-refractivity contribution in [2.24, 2.45) is 4.99 Å². The molecule has 1 unspecified atom stereocenters. The second-order valence-corrected chi connectivity index (χ2v) is 6.42. The van der Waals surface area contributed by atoms with Crippen molar-refractivity contribution in [1.82, 2.24) is 10.6 Å². The van der Waals surface area contributed by atoms with Crippen LogP contribution in [0.1, 0.15) is 5.56 Å². The zero-order valence-corrected chi connectivity index (χ0v) is 16.4. The van der Waals surface area contributed by atoms with Crippen LogP contribution in [-0.2, 0) is 11.3 Å². The lowest BCUT2D eigenvalue weighted by Gasteiger charge is -2.27. The third kappa shape index (κ3) is 5.79. The second-order valence-electron chi connectivity index (χ2n) is 6.42. The molecule has 0 amide bonds. The highest BCUT2D eigenvalue weighted by atomic mass is 16.6. The smallest absolute Gasteiger partial charge is 0.191 e.